The number of nitrogens with zero attached hydrogens (tertiary/aromatic N) is 5. The molecule has 0 fully saturated rings. The van der Waals surface area contributed by atoms with Gasteiger partial charge in [-0.05, 0) is 44.5 Å². The van der Waals surface area contributed by atoms with Crippen LogP contribution in [0.1, 0.15) is 44.3 Å². The van der Waals surface area contributed by atoms with E-state index in [1.54, 1.807) is 17.8 Å². The summed E-state index contributed by atoms with van der Waals surface area (Å²) in [5, 5.41) is 25.7. The molecule has 10 nitrogen and oxygen atoms in total. The number of aryl methyl sites for hydroxylation is 1. The summed E-state index contributed by atoms with van der Waals surface area (Å²) in [5.74, 6) is 1.35. The van der Waals surface area contributed by atoms with Crippen molar-refractivity contribution in [2.24, 2.45) is 0 Å². The summed E-state index contributed by atoms with van der Waals surface area (Å²) in [6, 6.07) is 17.0. The first-order valence-electron chi connectivity index (χ1n) is 12.6. The van der Waals surface area contributed by atoms with E-state index in [2.05, 4.69) is 39.7 Å². The average Bonchev–Trinajstić information content (AvgIpc) is 3.48. The number of hydrogen-bond acceptors (Lipinski definition) is 8. The van der Waals surface area contributed by atoms with Crippen molar-refractivity contribution in [2.45, 2.75) is 46.3 Å². The molecule has 196 valence electrons. The highest BCUT2D eigenvalue weighted by atomic mass is 16.4. The molecule has 3 heterocycles. The summed E-state index contributed by atoms with van der Waals surface area (Å²) < 4.78 is 9.46. The van der Waals surface area contributed by atoms with Gasteiger partial charge in [-0.1, -0.05) is 30.3 Å². The lowest BCUT2D eigenvalue weighted by Gasteiger charge is -2.20. The molecule has 10 heteroatoms. The van der Waals surface area contributed by atoms with Crippen LogP contribution in [-0.2, 0) is 6.54 Å². The quantitative estimate of drug-likeness (QED) is 0.250. The van der Waals surface area contributed by atoms with Crippen LogP contribution in [0.2, 0.25) is 0 Å². The Morgan fingerprint density at radius 1 is 1.08 bits per heavy atom. The zero-order valence-corrected chi connectivity index (χ0v) is 21.8. The van der Waals surface area contributed by atoms with E-state index in [0.717, 1.165) is 16.8 Å². The molecule has 5 aromatic rings. The van der Waals surface area contributed by atoms with E-state index in [1.807, 2.05) is 66.2 Å². The number of hydrogen-bond donors (Lipinski definition) is 3. The van der Waals surface area contributed by atoms with Crippen LogP contribution in [0, 0.1) is 6.92 Å². The first kappa shape index (κ1) is 25.2. The summed E-state index contributed by atoms with van der Waals surface area (Å²) in [6.45, 7) is 8.30. The normalized spacial score (nSPS) is 12.3. The molecule has 0 unspecified atom stereocenters. The molecule has 0 amide bonds. The van der Waals surface area contributed by atoms with E-state index >= 15 is 0 Å². The van der Waals surface area contributed by atoms with Gasteiger partial charge in [0, 0.05) is 37.5 Å². The Morgan fingerprint density at radius 3 is 2.53 bits per heavy atom. The molecule has 0 radical (unpaired) electrons. The predicted molar refractivity (Wildman–Crippen MR) is 148 cm³/mol. The number of benzene rings is 2. The highest BCUT2D eigenvalue weighted by molar-refractivity contribution is 5.84. The van der Waals surface area contributed by atoms with Crippen molar-refractivity contribution in [3.05, 3.63) is 82.6 Å². The molecule has 0 spiro atoms. The van der Waals surface area contributed by atoms with Gasteiger partial charge in [0.1, 0.15) is 5.82 Å². The zero-order chi connectivity index (χ0) is 26.8. The molecule has 0 saturated carbocycles. The first-order valence-corrected chi connectivity index (χ1v) is 12.6. The lowest BCUT2D eigenvalue weighted by Crippen LogP contribution is -2.23. The Kier molecular flexibility index (Phi) is 6.97. The smallest absolute Gasteiger partial charge is 0.274 e. The fourth-order valence-electron chi connectivity index (χ4n) is 4.67. The first-order chi connectivity index (χ1) is 18.4. The number of nitrogens with one attached hydrogen (secondary N) is 2. The maximum absolute atomic E-state index is 12.9. The van der Waals surface area contributed by atoms with Crippen LogP contribution in [0.3, 0.4) is 0 Å². The lowest BCUT2D eigenvalue weighted by molar-refractivity contribution is 0.276. The third-order valence-electron chi connectivity index (χ3n) is 6.41. The van der Waals surface area contributed by atoms with Crippen molar-refractivity contribution in [3.8, 4) is 11.5 Å². The fourth-order valence-corrected chi connectivity index (χ4v) is 4.67. The van der Waals surface area contributed by atoms with Gasteiger partial charge in [-0.25, -0.2) is 9.67 Å². The second-order valence-corrected chi connectivity index (χ2v) is 9.35. The molecule has 0 aliphatic carbocycles. The Balaban J connectivity index is 1.53. The molecular formula is C28H31N7O3. The third kappa shape index (κ3) is 4.78. The number of fused-ring (bicyclic) bond motifs is 1. The molecule has 2 aromatic carbocycles. The Hall–Kier alpha value is -4.44. The number of aliphatic hydroxyl groups is 1. The second kappa shape index (κ2) is 10.5. The number of rotatable bonds is 9. The average molecular weight is 514 g/mol. The number of pyridine rings is 1. The maximum atomic E-state index is 12.9. The summed E-state index contributed by atoms with van der Waals surface area (Å²) in [6.07, 6.45) is 1.66. The van der Waals surface area contributed by atoms with Crippen LogP contribution in [0.15, 0.2) is 70.0 Å². The second-order valence-electron chi connectivity index (χ2n) is 9.35. The summed E-state index contributed by atoms with van der Waals surface area (Å²) >= 11 is 0. The van der Waals surface area contributed by atoms with Crippen LogP contribution in [0.25, 0.3) is 22.4 Å². The van der Waals surface area contributed by atoms with Crippen molar-refractivity contribution in [1.82, 2.24) is 24.5 Å². The van der Waals surface area contributed by atoms with Crippen LogP contribution in [0.4, 0.5) is 17.2 Å². The molecule has 0 saturated heterocycles. The van der Waals surface area contributed by atoms with Gasteiger partial charge in [0.15, 0.2) is 0 Å². The summed E-state index contributed by atoms with van der Waals surface area (Å²) in [7, 11) is 0. The van der Waals surface area contributed by atoms with E-state index < -0.39 is 0 Å². The van der Waals surface area contributed by atoms with Crippen molar-refractivity contribution in [1.29, 1.82) is 0 Å². The SMILES string of the molecule is CCn1c(=O)c2ccc(Nc3cc(N[C@H](CO)c4ccccc4)c(-c4nnc(C)o4)cn3)cc2n1C(C)C. The number of anilines is 3. The topological polar surface area (TPSA) is 123 Å². The molecule has 5 rings (SSSR count). The van der Waals surface area contributed by atoms with E-state index in [0.29, 0.717) is 40.8 Å². The van der Waals surface area contributed by atoms with Crippen LogP contribution in [0.5, 0.6) is 0 Å². The highest BCUT2D eigenvalue weighted by Gasteiger charge is 2.19. The monoisotopic (exact) mass is 513 g/mol. The van der Waals surface area contributed by atoms with Crippen LogP contribution >= 0.6 is 0 Å². The standard InChI is InChI=1S/C28H31N7O3/c1-5-34-28(37)21-12-11-20(13-25(21)35(34)17(2)3)30-26-14-23(22(15-29-26)27-33-32-18(4)38-27)31-24(16-36)19-9-7-6-8-10-19/h6-15,17,24,36H,5,16H2,1-4H3,(H2,29,30,31)/t24-/m1/s1. The van der Waals surface area contributed by atoms with Crippen molar-refractivity contribution in [2.75, 3.05) is 17.2 Å². The van der Waals surface area contributed by atoms with Gasteiger partial charge < -0.3 is 20.2 Å². The van der Waals surface area contributed by atoms with Crippen molar-refractivity contribution in [3.63, 3.8) is 0 Å². The van der Waals surface area contributed by atoms with Gasteiger partial charge in [0.25, 0.3) is 11.4 Å². The zero-order valence-electron chi connectivity index (χ0n) is 21.8. The highest BCUT2D eigenvalue weighted by Crippen LogP contribution is 2.32. The summed E-state index contributed by atoms with van der Waals surface area (Å²) in [5.41, 5.74) is 3.88. The molecular weight excluding hydrogens is 482 g/mol. The molecule has 38 heavy (non-hydrogen) atoms. The Bertz CT molecular complexity index is 1620. The van der Waals surface area contributed by atoms with Gasteiger partial charge in [-0.3, -0.25) is 9.48 Å². The molecule has 0 bridgehead atoms. The Labute approximate surface area is 219 Å². The molecule has 3 aromatic heterocycles. The predicted octanol–water partition coefficient (Wildman–Crippen LogP) is 5.05. The van der Waals surface area contributed by atoms with E-state index in [9.17, 15) is 9.90 Å². The lowest BCUT2D eigenvalue weighted by atomic mass is 10.1. The summed E-state index contributed by atoms with van der Waals surface area (Å²) in [4.78, 5) is 17.5. The van der Waals surface area contributed by atoms with Crippen molar-refractivity contribution < 1.29 is 9.52 Å². The van der Waals surface area contributed by atoms with Crippen molar-refractivity contribution >= 4 is 28.1 Å². The minimum atomic E-state index is -0.361. The van der Waals surface area contributed by atoms with Crippen LogP contribution in [-0.4, -0.2) is 36.3 Å². The molecule has 0 aliphatic heterocycles. The molecule has 3 N–H and O–H groups in total. The van der Waals surface area contributed by atoms with E-state index in [-0.39, 0.29) is 24.2 Å². The molecule has 1 atom stereocenters. The minimum absolute atomic E-state index is 0.00234. The fraction of sp³-hybridized carbons (Fsp3) is 0.286. The molecule has 0 aliphatic rings. The minimum Gasteiger partial charge on any atom is -0.421 e. The van der Waals surface area contributed by atoms with E-state index in [1.165, 1.54) is 0 Å². The Morgan fingerprint density at radius 2 is 1.87 bits per heavy atom. The van der Waals surface area contributed by atoms with Gasteiger partial charge in [0.2, 0.25) is 5.89 Å². The van der Waals surface area contributed by atoms with Gasteiger partial charge in [-0.2, -0.15) is 0 Å². The third-order valence-corrected chi connectivity index (χ3v) is 6.41. The van der Waals surface area contributed by atoms with E-state index in [4.69, 9.17) is 4.42 Å². The number of aliphatic hydroxyl groups excluding tert-OH is 1. The number of aromatic nitrogens is 5. The largest absolute Gasteiger partial charge is 0.421 e. The van der Waals surface area contributed by atoms with Gasteiger partial charge in [-0.15, -0.1) is 10.2 Å². The van der Waals surface area contributed by atoms with Gasteiger partial charge >= 0.3 is 0 Å². The van der Waals surface area contributed by atoms with Gasteiger partial charge in [0.05, 0.1) is 34.8 Å². The maximum Gasteiger partial charge on any atom is 0.274 e. The van der Waals surface area contributed by atoms with Crippen LogP contribution < -0.4 is 16.2 Å².